The van der Waals surface area contributed by atoms with Crippen LogP contribution in [0.5, 0.6) is 0 Å². The van der Waals surface area contributed by atoms with Gasteiger partial charge in [-0.3, -0.25) is 4.79 Å². The van der Waals surface area contributed by atoms with E-state index in [0.29, 0.717) is 44.6 Å². The molecule has 6 nitrogen and oxygen atoms in total. The summed E-state index contributed by atoms with van der Waals surface area (Å²) in [4.78, 5) is 22.9. The van der Waals surface area contributed by atoms with Gasteiger partial charge in [-0.25, -0.2) is 9.97 Å². The zero-order valence-corrected chi connectivity index (χ0v) is 19.4. The molecule has 1 amide bonds. The van der Waals surface area contributed by atoms with E-state index in [-0.39, 0.29) is 11.9 Å². The molecule has 0 radical (unpaired) electrons. The van der Waals surface area contributed by atoms with Crippen LogP contribution in [0.2, 0.25) is 5.02 Å². The van der Waals surface area contributed by atoms with Gasteiger partial charge in [0.1, 0.15) is 23.0 Å². The number of carbonyl (C=O) groups is 1. The van der Waals surface area contributed by atoms with E-state index in [1.807, 2.05) is 47.0 Å². The Morgan fingerprint density at radius 2 is 1.60 bits per heavy atom. The SMILES string of the molecule is N#Cc1c(NC(=O)c2ccccc2Cl)n(C2CC(c3ccccc3)C2)c2nc3ccccc3nc12. The van der Waals surface area contributed by atoms with Crippen molar-refractivity contribution in [2.24, 2.45) is 0 Å². The third kappa shape index (κ3) is 3.61. The molecular formula is C28H20ClN5O. The number of amides is 1. The molecule has 35 heavy (non-hydrogen) atoms. The van der Waals surface area contributed by atoms with Crippen LogP contribution >= 0.6 is 11.6 Å². The van der Waals surface area contributed by atoms with Crippen molar-refractivity contribution in [3.05, 3.63) is 101 Å². The van der Waals surface area contributed by atoms with Gasteiger partial charge in [0.05, 0.1) is 21.6 Å². The minimum atomic E-state index is -0.375. The van der Waals surface area contributed by atoms with Gasteiger partial charge in [-0.2, -0.15) is 5.26 Å². The minimum Gasteiger partial charge on any atom is -0.307 e. The number of para-hydroxylation sites is 2. The summed E-state index contributed by atoms with van der Waals surface area (Å²) in [6, 6.07) is 27.2. The number of aromatic nitrogens is 3. The van der Waals surface area contributed by atoms with E-state index < -0.39 is 0 Å². The molecule has 0 aliphatic heterocycles. The van der Waals surface area contributed by atoms with E-state index in [1.54, 1.807) is 24.3 Å². The number of nitrogens with one attached hydrogen (secondary N) is 1. The summed E-state index contributed by atoms with van der Waals surface area (Å²) in [5.41, 5.74) is 4.48. The third-order valence-corrected chi connectivity index (χ3v) is 7.04. The van der Waals surface area contributed by atoms with Crippen LogP contribution in [0, 0.1) is 11.3 Å². The first kappa shape index (κ1) is 21.3. The fourth-order valence-corrected chi connectivity index (χ4v) is 5.09. The van der Waals surface area contributed by atoms with Crippen LogP contribution in [0.1, 0.15) is 46.3 Å². The van der Waals surface area contributed by atoms with E-state index in [1.165, 1.54) is 5.56 Å². The Balaban J connectivity index is 1.48. The first-order valence-corrected chi connectivity index (χ1v) is 11.8. The van der Waals surface area contributed by atoms with Crippen molar-refractivity contribution in [3.8, 4) is 6.07 Å². The van der Waals surface area contributed by atoms with Crippen molar-refractivity contribution in [2.45, 2.75) is 24.8 Å². The second-order valence-electron chi connectivity index (χ2n) is 8.76. The van der Waals surface area contributed by atoms with Crippen molar-refractivity contribution in [1.82, 2.24) is 14.5 Å². The maximum atomic E-state index is 13.2. The number of halogens is 1. The molecule has 7 heteroatoms. The molecular weight excluding hydrogens is 458 g/mol. The summed E-state index contributed by atoms with van der Waals surface area (Å²) >= 11 is 6.28. The molecule has 0 spiro atoms. The number of hydrogen-bond donors (Lipinski definition) is 1. The van der Waals surface area contributed by atoms with Gasteiger partial charge < -0.3 is 9.88 Å². The number of nitrogens with zero attached hydrogens (tertiary/aromatic N) is 4. The molecule has 2 heterocycles. The third-order valence-electron chi connectivity index (χ3n) is 6.71. The Hall–Kier alpha value is -4.21. The van der Waals surface area contributed by atoms with Gasteiger partial charge in [0.2, 0.25) is 0 Å². The Labute approximate surface area is 206 Å². The molecule has 1 saturated carbocycles. The Morgan fingerprint density at radius 3 is 2.31 bits per heavy atom. The summed E-state index contributed by atoms with van der Waals surface area (Å²) in [5, 5.41) is 13.5. The average molecular weight is 478 g/mol. The first-order valence-electron chi connectivity index (χ1n) is 11.5. The van der Waals surface area contributed by atoms with E-state index in [0.717, 1.165) is 18.4 Å². The molecule has 1 fully saturated rings. The lowest BCUT2D eigenvalue weighted by atomic mass is 9.75. The maximum Gasteiger partial charge on any atom is 0.258 e. The molecule has 0 bridgehead atoms. The highest BCUT2D eigenvalue weighted by Gasteiger charge is 2.36. The van der Waals surface area contributed by atoms with Crippen LogP contribution in [-0.2, 0) is 0 Å². The number of fused-ring (bicyclic) bond motifs is 2. The largest absolute Gasteiger partial charge is 0.307 e. The van der Waals surface area contributed by atoms with Crippen LogP contribution in [0.15, 0.2) is 78.9 Å². The predicted octanol–water partition coefficient (Wildman–Crippen LogP) is 6.48. The maximum absolute atomic E-state index is 13.2. The predicted molar refractivity (Wildman–Crippen MR) is 137 cm³/mol. The van der Waals surface area contributed by atoms with Crippen molar-refractivity contribution < 1.29 is 4.79 Å². The second-order valence-corrected chi connectivity index (χ2v) is 9.16. The molecule has 1 aliphatic carbocycles. The van der Waals surface area contributed by atoms with E-state index in [9.17, 15) is 10.1 Å². The van der Waals surface area contributed by atoms with Crippen LogP contribution in [0.3, 0.4) is 0 Å². The fraction of sp³-hybridized carbons (Fsp3) is 0.143. The highest BCUT2D eigenvalue weighted by atomic mass is 35.5. The summed E-state index contributed by atoms with van der Waals surface area (Å²) < 4.78 is 1.99. The number of anilines is 1. The summed E-state index contributed by atoms with van der Waals surface area (Å²) in [7, 11) is 0. The van der Waals surface area contributed by atoms with Gasteiger partial charge in [0.15, 0.2) is 5.65 Å². The Morgan fingerprint density at radius 1 is 0.943 bits per heavy atom. The molecule has 1 N–H and O–H groups in total. The molecule has 5 aromatic rings. The Bertz CT molecular complexity index is 1630. The quantitative estimate of drug-likeness (QED) is 0.321. The van der Waals surface area contributed by atoms with Gasteiger partial charge in [0, 0.05) is 6.04 Å². The number of nitriles is 1. The second kappa shape index (κ2) is 8.53. The molecule has 0 unspecified atom stereocenters. The van der Waals surface area contributed by atoms with Gasteiger partial charge in [-0.05, 0) is 48.6 Å². The Kier molecular flexibility index (Phi) is 5.20. The van der Waals surface area contributed by atoms with Crippen LogP contribution in [0.25, 0.3) is 22.2 Å². The zero-order valence-electron chi connectivity index (χ0n) is 18.6. The molecule has 3 aromatic carbocycles. The first-order chi connectivity index (χ1) is 17.1. The highest BCUT2D eigenvalue weighted by molar-refractivity contribution is 6.34. The average Bonchev–Trinajstić information content (AvgIpc) is 3.14. The molecule has 6 rings (SSSR count). The van der Waals surface area contributed by atoms with E-state index in [2.05, 4.69) is 23.5 Å². The van der Waals surface area contributed by atoms with Gasteiger partial charge in [-0.15, -0.1) is 0 Å². The number of rotatable bonds is 4. The van der Waals surface area contributed by atoms with Gasteiger partial charge in [-0.1, -0.05) is 66.2 Å². The monoisotopic (exact) mass is 477 g/mol. The highest BCUT2D eigenvalue weighted by Crippen LogP contribution is 2.48. The summed E-state index contributed by atoms with van der Waals surface area (Å²) in [5.74, 6) is 0.448. The summed E-state index contributed by atoms with van der Waals surface area (Å²) in [6.07, 6.45) is 1.75. The van der Waals surface area contributed by atoms with Crippen molar-refractivity contribution >= 4 is 45.5 Å². The number of benzene rings is 3. The molecule has 170 valence electrons. The van der Waals surface area contributed by atoms with Crippen molar-refractivity contribution in [3.63, 3.8) is 0 Å². The van der Waals surface area contributed by atoms with Crippen molar-refractivity contribution in [2.75, 3.05) is 5.32 Å². The minimum absolute atomic E-state index is 0.0711. The lowest BCUT2D eigenvalue weighted by Gasteiger charge is -2.37. The van der Waals surface area contributed by atoms with Gasteiger partial charge >= 0.3 is 0 Å². The molecule has 0 saturated heterocycles. The van der Waals surface area contributed by atoms with Crippen LogP contribution in [-0.4, -0.2) is 20.4 Å². The van der Waals surface area contributed by atoms with Crippen LogP contribution in [0.4, 0.5) is 5.82 Å². The molecule has 0 atom stereocenters. The zero-order chi connectivity index (χ0) is 23.9. The van der Waals surface area contributed by atoms with E-state index >= 15 is 0 Å². The summed E-state index contributed by atoms with van der Waals surface area (Å²) in [6.45, 7) is 0. The molecule has 2 aromatic heterocycles. The normalized spacial score (nSPS) is 17.1. The number of carbonyl (C=O) groups excluding carboxylic acids is 1. The lowest BCUT2D eigenvalue weighted by Crippen LogP contribution is -2.27. The van der Waals surface area contributed by atoms with E-state index in [4.69, 9.17) is 21.6 Å². The smallest absolute Gasteiger partial charge is 0.258 e. The lowest BCUT2D eigenvalue weighted by molar-refractivity contribution is 0.102. The standard InChI is InChI=1S/C28H20ClN5O/c29-22-11-5-4-10-20(22)28(35)33-26-21(16-30)25-27(32-24-13-7-6-12-23(24)31-25)34(26)19-14-18(15-19)17-8-2-1-3-9-17/h1-13,18-19H,14-15H2,(H,33,35). The topological polar surface area (TPSA) is 83.6 Å². The fourth-order valence-electron chi connectivity index (χ4n) is 4.87. The molecule has 1 aliphatic rings. The van der Waals surface area contributed by atoms with Gasteiger partial charge in [0.25, 0.3) is 5.91 Å². The van der Waals surface area contributed by atoms with Crippen LogP contribution < -0.4 is 5.32 Å². The van der Waals surface area contributed by atoms with Crippen molar-refractivity contribution in [1.29, 1.82) is 5.26 Å². The number of hydrogen-bond acceptors (Lipinski definition) is 4.